The quantitative estimate of drug-likeness (QED) is 0.310. The Hall–Kier alpha value is -3.45. The van der Waals surface area contributed by atoms with E-state index in [-0.39, 0.29) is 11.1 Å². The highest BCUT2D eigenvalue weighted by atomic mass is 32.2. The number of imide groups is 1. The molecule has 35 heavy (non-hydrogen) atoms. The molecule has 0 aliphatic carbocycles. The Morgan fingerprint density at radius 1 is 0.857 bits per heavy atom. The molecule has 3 aromatic carbocycles. The average Bonchev–Trinajstić information content (AvgIpc) is 3.13. The first-order valence-electron chi connectivity index (χ1n) is 11.7. The number of hydrogen-bond donors (Lipinski definition) is 1. The van der Waals surface area contributed by atoms with Crippen LogP contribution in [0.5, 0.6) is 23.0 Å². The van der Waals surface area contributed by atoms with Crippen molar-refractivity contribution < 1.29 is 23.8 Å². The minimum atomic E-state index is -0.997. The zero-order chi connectivity index (χ0) is 24.7. The van der Waals surface area contributed by atoms with E-state index in [1.165, 1.54) is 0 Å². The minimum Gasteiger partial charge on any atom is -0.493 e. The molecule has 3 aromatic rings. The summed E-state index contributed by atoms with van der Waals surface area (Å²) in [6.07, 6.45) is 2.55. The first-order chi connectivity index (χ1) is 17.0. The number of ether oxygens (including phenoxy) is 3. The Bertz CT molecular complexity index is 1180. The molecule has 0 radical (unpaired) electrons. The van der Waals surface area contributed by atoms with Gasteiger partial charge in [-0.3, -0.25) is 14.9 Å². The van der Waals surface area contributed by atoms with E-state index in [9.17, 15) is 9.59 Å². The summed E-state index contributed by atoms with van der Waals surface area (Å²) in [5, 5.41) is 2.02. The molecule has 1 N–H and O–H groups in total. The Kier molecular flexibility index (Phi) is 7.98. The van der Waals surface area contributed by atoms with Gasteiger partial charge in [-0.05, 0) is 67.1 Å². The molecule has 7 heteroatoms. The van der Waals surface area contributed by atoms with Gasteiger partial charge in [-0.25, -0.2) is 0 Å². The van der Waals surface area contributed by atoms with Crippen molar-refractivity contribution in [3.05, 3.63) is 83.9 Å². The highest BCUT2D eigenvalue weighted by molar-refractivity contribution is 8.15. The fourth-order valence-corrected chi connectivity index (χ4v) is 4.84. The third-order valence-electron chi connectivity index (χ3n) is 5.68. The van der Waals surface area contributed by atoms with E-state index in [2.05, 4.69) is 12.2 Å². The standard InChI is InChI=1S/C28H29NO5S/c1-3-10-20-19-22(34-21-11-5-4-6-12-21)15-16-24(20)32-17-9-18-33-25-14-8-7-13-23(25)28(2)26(30)29-27(31)35-28/h4-8,11-16,19H,3,9-10,17-18H2,1-2H3,(H,29,30,31). The molecule has 1 unspecified atom stereocenters. The van der Waals surface area contributed by atoms with Crippen LogP contribution < -0.4 is 19.5 Å². The van der Waals surface area contributed by atoms with E-state index in [1.807, 2.05) is 72.8 Å². The second kappa shape index (κ2) is 11.3. The number of nitrogens with one attached hydrogen (secondary N) is 1. The van der Waals surface area contributed by atoms with Crippen molar-refractivity contribution in [1.82, 2.24) is 5.32 Å². The van der Waals surface area contributed by atoms with E-state index in [1.54, 1.807) is 6.92 Å². The number of carbonyl (C=O) groups is 2. The summed E-state index contributed by atoms with van der Waals surface area (Å²) in [7, 11) is 0. The van der Waals surface area contributed by atoms with Crippen molar-refractivity contribution >= 4 is 22.9 Å². The van der Waals surface area contributed by atoms with Crippen LogP contribution in [0.15, 0.2) is 72.8 Å². The number of rotatable bonds is 11. The lowest BCUT2D eigenvalue weighted by molar-refractivity contribution is -0.121. The number of hydrogen-bond acceptors (Lipinski definition) is 6. The average molecular weight is 492 g/mol. The van der Waals surface area contributed by atoms with E-state index in [4.69, 9.17) is 14.2 Å². The largest absolute Gasteiger partial charge is 0.493 e. The number of aryl methyl sites for hydroxylation is 1. The topological polar surface area (TPSA) is 73.9 Å². The second-order valence-corrected chi connectivity index (χ2v) is 9.75. The molecule has 1 heterocycles. The number of amides is 2. The molecule has 1 aliphatic heterocycles. The maximum absolute atomic E-state index is 12.4. The number of thioether (sulfide) groups is 1. The maximum Gasteiger partial charge on any atom is 0.287 e. The van der Waals surface area contributed by atoms with Gasteiger partial charge in [0.05, 0.1) is 13.2 Å². The zero-order valence-electron chi connectivity index (χ0n) is 19.9. The van der Waals surface area contributed by atoms with Crippen molar-refractivity contribution in [3.8, 4) is 23.0 Å². The first kappa shape index (κ1) is 24.7. The third-order valence-corrected chi connectivity index (χ3v) is 6.78. The highest BCUT2D eigenvalue weighted by Crippen LogP contribution is 2.44. The molecule has 182 valence electrons. The smallest absolute Gasteiger partial charge is 0.287 e. The maximum atomic E-state index is 12.4. The van der Waals surface area contributed by atoms with Crippen LogP contribution in [0, 0.1) is 0 Å². The molecule has 1 atom stereocenters. The highest BCUT2D eigenvalue weighted by Gasteiger charge is 2.46. The van der Waals surface area contributed by atoms with Gasteiger partial charge in [0.15, 0.2) is 0 Å². The van der Waals surface area contributed by atoms with Crippen LogP contribution in [0.4, 0.5) is 4.79 Å². The van der Waals surface area contributed by atoms with Crippen LogP contribution in [-0.2, 0) is 16.0 Å². The third kappa shape index (κ3) is 5.98. The summed E-state index contributed by atoms with van der Waals surface area (Å²) in [6, 6.07) is 23.0. The zero-order valence-corrected chi connectivity index (χ0v) is 20.7. The number of carbonyl (C=O) groups excluding carboxylic acids is 2. The van der Waals surface area contributed by atoms with Crippen LogP contribution in [0.25, 0.3) is 0 Å². The van der Waals surface area contributed by atoms with Crippen molar-refractivity contribution in [3.63, 3.8) is 0 Å². The summed E-state index contributed by atoms with van der Waals surface area (Å²) in [5.41, 5.74) is 1.79. The summed E-state index contributed by atoms with van der Waals surface area (Å²) in [5.74, 6) is 2.70. The van der Waals surface area contributed by atoms with Crippen LogP contribution >= 0.6 is 11.8 Å². The number of benzene rings is 3. The van der Waals surface area contributed by atoms with E-state index >= 15 is 0 Å². The van der Waals surface area contributed by atoms with Crippen molar-refractivity contribution in [2.45, 2.75) is 37.9 Å². The van der Waals surface area contributed by atoms with Gasteiger partial charge in [-0.15, -0.1) is 0 Å². The Morgan fingerprint density at radius 3 is 2.29 bits per heavy atom. The molecule has 4 rings (SSSR count). The molecule has 6 nitrogen and oxygen atoms in total. The van der Waals surface area contributed by atoms with Crippen LogP contribution in [0.2, 0.25) is 0 Å². The van der Waals surface area contributed by atoms with Gasteiger partial charge in [0, 0.05) is 12.0 Å². The molecular weight excluding hydrogens is 462 g/mol. The monoisotopic (exact) mass is 491 g/mol. The first-order valence-corrected chi connectivity index (χ1v) is 12.6. The predicted molar refractivity (Wildman–Crippen MR) is 137 cm³/mol. The van der Waals surface area contributed by atoms with Gasteiger partial charge >= 0.3 is 0 Å². The molecule has 0 bridgehead atoms. The van der Waals surface area contributed by atoms with Crippen molar-refractivity contribution in [2.75, 3.05) is 13.2 Å². The lowest BCUT2D eigenvalue weighted by atomic mass is 9.98. The van der Waals surface area contributed by atoms with Crippen LogP contribution in [0.1, 0.15) is 37.8 Å². The van der Waals surface area contributed by atoms with Gasteiger partial charge in [-0.2, -0.15) is 0 Å². The minimum absolute atomic E-state index is 0.324. The second-order valence-electron chi connectivity index (χ2n) is 8.36. The predicted octanol–water partition coefficient (Wildman–Crippen LogP) is 6.48. The van der Waals surface area contributed by atoms with E-state index in [0.29, 0.717) is 30.9 Å². The number of para-hydroxylation sites is 2. The summed E-state index contributed by atoms with van der Waals surface area (Å²) in [6.45, 7) is 4.79. The molecule has 1 saturated heterocycles. The van der Waals surface area contributed by atoms with E-state index < -0.39 is 4.75 Å². The molecule has 1 fully saturated rings. The lowest BCUT2D eigenvalue weighted by Crippen LogP contribution is -2.32. The summed E-state index contributed by atoms with van der Waals surface area (Å²) in [4.78, 5) is 24.1. The Labute approximate surface area is 210 Å². The summed E-state index contributed by atoms with van der Waals surface area (Å²) >= 11 is 0.977. The molecule has 0 aromatic heterocycles. The fraction of sp³-hybridized carbons (Fsp3) is 0.286. The summed E-state index contributed by atoms with van der Waals surface area (Å²) < 4.78 is 17.0. The Morgan fingerprint density at radius 2 is 1.57 bits per heavy atom. The SMILES string of the molecule is CCCc1cc(Oc2ccccc2)ccc1OCCCOc1ccccc1C1(C)SC(=O)NC1=O. The molecule has 2 amide bonds. The molecule has 0 saturated carbocycles. The molecular formula is C28H29NO5S. The van der Waals surface area contributed by atoms with Crippen molar-refractivity contribution in [2.24, 2.45) is 0 Å². The molecule has 1 aliphatic rings. The fourth-order valence-electron chi connectivity index (χ4n) is 3.91. The van der Waals surface area contributed by atoms with Gasteiger partial charge in [0.2, 0.25) is 5.91 Å². The van der Waals surface area contributed by atoms with E-state index in [0.717, 1.165) is 47.4 Å². The molecule has 0 spiro atoms. The van der Waals surface area contributed by atoms with Gasteiger partial charge in [-0.1, -0.05) is 49.7 Å². The van der Waals surface area contributed by atoms with Crippen LogP contribution in [-0.4, -0.2) is 24.4 Å². The normalized spacial score (nSPS) is 17.2. The van der Waals surface area contributed by atoms with Crippen molar-refractivity contribution in [1.29, 1.82) is 0 Å². The Balaban J connectivity index is 1.33. The van der Waals surface area contributed by atoms with Gasteiger partial charge in [0.25, 0.3) is 5.24 Å². The van der Waals surface area contributed by atoms with Crippen LogP contribution in [0.3, 0.4) is 0 Å². The van der Waals surface area contributed by atoms with Gasteiger partial charge < -0.3 is 14.2 Å². The van der Waals surface area contributed by atoms with Gasteiger partial charge in [0.1, 0.15) is 27.7 Å². The lowest BCUT2D eigenvalue weighted by Gasteiger charge is -2.22.